The summed E-state index contributed by atoms with van der Waals surface area (Å²) in [6.07, 6.45) is 3.03. The van der Waals surface area contributed by atoms with Crippen molar-refractivity contribution in [2.75, 3.05) is 0 Å². The molecule has 0 aromatic heterocycles. The standard InChI is InChI=1S/2C13H11NO4S.Co/c2*15-13-4-2-1-3-10(13)9-14-11-5-7-12(8-6-11)19(16,17)18;/h2*1-9,15H,(H,16,17,18);/q;;+2. The van der Waals surface area contributed by atoms with Crippen molar-refractivity contribution in [1.29, 1.82) is 0 Å². The summed E-state index contributed by atoms with van der Waals surface area (Å²) in [5.74, 6) is 0.704. The van der Waals surface area contributed by atoms with Gasteiger partial charge >= 0.3 is 16.8 Å². The fourth-order valence-corrected chi connectivity index (χ4v) is 3.84. The third-order valence-electron chi connectivity index (χ3n) is 4.88. The van der Waals surface area contributed by atoms with E-state index in [2.05, 4.69) is 9.98 Å². The molecular weight excluding hydrogens is 591 g/mol. The molecule has 4 aromatic carbocycles. The molecule has 4 aromatic rings. The van der Waals surface area contributed by atoms with Crippen LogP contribution in [0.1, 0.15) is 11.1 Å². The van der Waals surface area contributed by atoms with Gasteiger partial charge in [0.15, 0.2) is 0 Å². The van der Waals surface area contributed by atoms with Gasteiger partial charge in [0.2, 0.25) is 0 Å². The maximum absolute atomic E-state index is 10.7. The van der Waals surface area contributed by atoms with Crippen molar-refractivity contribution in [3.8, 4) is 11.5 Å². The first-order valence-corrected chi connectivity index (χ1v) is 13.6. The van der Waals surface area contributed by atoms with Crippen LogP contribution in [0.2, 0.25) is 0 Å². The van der Waals surface area contributed by atoms with E-state index in [1.54, 1.807) is 48.5 Å². The van der Waals surface area contributed by atoms with Crippen molar-refractivity contribution in [3.05, 3.63) is 108 Å². The maximum Gasteiger partial charge on any atom is 2.00 e. The Morgan fingerprint density at radius 3 is 1.13 bits per heavy atom. The van der Waals surface area contributed by atoms with Gasteiger partial charge < -0.3 is 19.3 Å². The normalized spacial score (nSPS) is 11.5. The van der Waals surface area contributed by atoms with Gasteiger partial charge in [-0.2, -0.15) is 0 Å². The predicted molar refractivity (Wildman–Crippen MR) is 142 cm³/mol. The van der Waals surface area contributed by atoms with E-state index < -0.39 is 20.2 Å². The van der Waals surface area contributed by atoms with Gasteiger partial charge in [-0.25, -0.2) is 16.8 Å². The second-order valence-corrected chi connectivity index (χ2v) is 10.3. The zero-order valence-corrected chi connectivity index (χ0v) is 22.6. The Balaban J connectivity index is 0.000000267. The van der Waals surface area contributed by atoms with Crippen LogP contribution in [-0.4, -0.2) is 48.6 Å². The molecule has 0 amide bonds. The number of para-hydroxylation sites is 2. The van der Waals surface area contributed by atoms with Crippen molar-refractivity contribution in [1.82, 2.24) is 0 Å². The second-order valence-electron chi connectivity index (χ2n) is 7.59. The second kappa shape index (κ2) is 13.8. The number of aliphatic imine (C=N–C) groups is 2. The minimum Gasteiger partial charge on any atom is -0.744 e. The zero-order valence-electron chi connectivity index (χ0n) is 19.9. The fourth-order valence-electron chi connectivity index (χ4n) is 2.91. The van der Waals surface area contributed by atoms with Gasteiger partial charge in [0.25, 0.3) is 11.5 Å². The van der Waals surface area contributed by atoms with Crippen molar-refractivity contribution in [2.24, 2.45) is 9.98 Å². The zero-order chi connectivity index (χ0) is 27.8. The summed E-state index contributed by atoms with van der Waals surface area (Å²) in [6, 6.07) is 24.5. The van der Waals surface area contributed by atoms with Gasteiger partial charge in [0.05, 0.1) is 32.3 Å². The van der Waals surface area contributed by atoms with E-state index in [0.717, 1.165) is 0 Å². The molecule has 203 valence electrons. The predicted octanol–water partition coefficient (Wildman–Crippen LogP) is 3.56. The fraction of sp³-hybridized carbons (Fsp3) is 0. The Labute approximate surface area is 235 Å². The molecular formula is C26H22CoN2O8S2+2. The molecule has 13 heteroatoms. The third-order valence-corrected chi connectivity index (χ3v) is 6.58. The minimum atomic E-state index is -4.43. The minimum absolute atomic E-state index is 0. The van der Waals surface area contributed by atoms with Gasteiger partial charge in [-0.1, -0.05) is 24.3 Å². The van der Waals surface area contributed by atoms with E-state index in [9.17, 15) is 25.9 Å². The Morgan fingerprint density at radius 2 is 0.846 bits per heavy atom. The number of nitrogens with zero attached hydrogens (tertiary/aromatic N) is 2. The Bertz CT molecular complexity index is 1550. The average Bonchev–Trinajstić information content (AvgIpc) is 2.88. The van der Waals surface area contributed by atoms with Crippen molar-refractivity contribution >= 4 is 44.0 Å². The van der Waals surface area contributed by atoms with E-state index in [1.807, 2.05) is 0 Å². The molecule has 0 aliphatic heterocycles. The molecule has 0 fully saturated rings. The Morgan fingerprint density at radius 1 is 0.538 bits per heavy atom. The smallest absolute Gasteiger partial charge is 0.744 e. The first-order valence-electron chi connectivity index (χ1n) is 10.7. The van der Waals surface area contributed by atoms with Gasteiger partial charge in [-0.3, -0.25) is 9.98 Å². The number of hydrogen-bond donors (Lipinski definition) is 0. The summed E-state index contributed by atoms with van der Waals surface area (Å²) in [4.78, 5) is 7.67. The van der Waals surface area contributed by atoms with Crippen LogP contribution in [0.5, 0.6) is 11.5 Å². The van der Waals surface area contributed by atoms with Crippen LogP contribution >= 0.6 is 0 Å². The molecule has 0 saturated carbocycles. The molecule has 0 bridgehead atoms. The first-order chi connectivity index (χ1) is 17.9. The summed E-state index contributed by atoms with van der Waals surface area (Å²) in [5, 5.41) is 15.3. The van der Waals surface area contributed by atoms with Gasteiger partial charge in [-0.05, 0) is 60.7 Å². The van der Waals surface area contributed by atoms with Gasteiger partial charge in [0.1, 0.15) is 20.2 Å². The summed E-state index contributed by atoms with van der Waals surface area (Å²) in [5.41, 5.74) is 2.33. The van der Waals surface area contributed by atoms with E-state index in [-0.39, 0.29) is 26.6 Å². The topological polar surface area (TPSA) is 185 Å². The Kier molecular flexibility index (Phi) is 11.1. The molecule has 0 aliphatic rings. The molecule has 0 aliphatic carbocycles. The molecule has 0 spiro atoms. The monoisotopic (exact) mass is 613 g/mol. The molecule has 4 rings (SSSR count). The number of rotatable bonds is 6. The molecule has 10 nitrogen and oxygen atoms in total. The van der Waals surface area contributed by atoms with Crippen molar-refractivity contribution < 1.29 is 52.9 Å². The van der Waals surface area contributed by atoms with E-state index >= 15 is 0 Å². The summed E-state index contributed by atoms with van der Waals surface area (Å²) in [6.45, 7) is 0. The molecule has 0 heterocycles. The van der Waals surface area contributed by atoms with Gasteiger partial charge in [-0.15, -0.1) is 0 Å². The molecule has 0 saturated heterocycles. The molecule has 39 heavy (non-hydrogen) atoms. The number of hydrogen-bond acceptors (Lipinski definition) is 8. The van der Waals surface area contributed by atoms with Crippen LogP contribution in [0.3, 0.4) is 0 Å². The average molecular weight is 614 g/mol. The number of benzene rings is 4. The summed E-state index contributed by atoms with van der Waals surface area (Å²) in [7, 11) is -8.85. The van der Waals surface area contributed by atoms with Crippen LogP contribution in [0.4, 0.5) is 11.4 Å². The third kappa shape index (κ3) is 9.75. The quantitative estimate of drug-likeness (QED) is 0.182. The largest absolute Gasteiger partial charge is 2.00 e. The van der Waals surface area contributed by atoms with Gasteiger partial charge in [0, 0.05) is 24.6 Å². The maximum atomic E-state index is 10.7. The van der Waals surface area contributed by atoms with Crippen molar-refractivity contribution in [3.63, 3.8) is 0 Å². The van der Waals surface area contributed by atoms with Crippen LogP contribution in [-0.2, 0) is 37.0 Å². The van der Waals surface area contributed by atoms with E-state index in [1.165, 1.54) is 61.0 Å². The van der Waals surface area contributed by atoms with Crippen LogP contribution in [0.25, 0.3) is 0 Å². The van der Waals surface area contributed by atoms with E-state index in [0.29, 0.717) is 34.0 Å². The molecule has 0 unspecified atom stereocenters. The Hall–Kier alpha value is -3.85. The summed E-state index contributed by atoms with van der Waals surface area (Å²) < 4.78 is 64.5. The van der Waals surface area contributed by atoms with Crippen LogP contribution in [0, 0.1) is 0 Å². The molecule has 0 atom stereocenters. The van der Waals surface area contributed by atoms with Crippen LogP contribution < -0.4 is 0 Å². The van der Waals surface area contributed by atoms with Crippen molar-refractivity contribution in [2.45, 2.75) is 9.79 Å². The summed E-state index contributed by atoms with van der Waals surface area (Å²) >= 11 is 0. The SMILES string of the molecule is O=S(=O)([O-])c1ccc(N=Cc2ccccc2[OH2+])cc1.O=S(=O)([O-])c1ccc(N=Cc2ccccc2[OH2+])cc1.[Co+2]. The first kappa shape index (κ1) is 31.4. The van der Waals surface area contributed by atoms with Crippen LogP contribution in [0.15, 0.2) is 117 Å². The molecule has 4 N–H and O–H groups in total. The van der Waals surface area contributed by atoms with E-state index in [4.69, 9.17) is 10.2 Å². The molecule has 1 radical (unpaired) electrons.